The van der Waals surface area contributed by atoms with Crippen LogP contribution in [-0.4, -0.2) is 54.2 Å². The summed E-state index contributed by atoms with van der Waals surface area (Å²) in [5.74, 6) is 0.117. The van der Waals surface area contributed by atoms with Crippen molar-refractivity contribution in [1.82, 2.24) is 9.80 Å². The molecule has 4 nitrogen and oxygen atoms in total. The number of amides is 1. The monoisotopic (exact) mass is 260 g/mol. The van der Waals surface area contributed by atoms with Crippen LogP contribution in [0.4, 0.5) is 0 Å². The van der Waals surface area contributed by atoms with Crippen LogP contribution in [0.1, 0.15) is 12.5 Å². The summed E-state index contributed by atoms with van der Waals surface area (Å²) in [5, 5.41) is 0. The maximum Gasteiger partial charge on any atom is 0.219 e. The van der Waals surface area contributed by atoms with E-state index in [0.29, 0.717) is 13.1 Å². The van der Waals surface area contributed by atoms with Gasteiger partial charge in [0.15, 0.2) is 0 Å². The van der Waals surface area contributed by atoms with E-state index in [-0.39, 0.29) is 11.9 Å². The molecule has 0 radical (unpaired) electrons. The van der Waals surface area contributed by atoms with Gasteiger partial charge < -0.3 is 9.69 Å². The topological polar surface area (TPSA) is 40.6 Å². The van der Waals surface area contributed by atoms with Gasteiger partial charge in [-0.3, -0.25) is 9.69 Å². The smallest absolute Gasteiger partial charge is 0.219 e. The van der Waals surface area contributed by atoms with E-state index in [9.17, 15) is 9.59 Å². The zero-order chi connectivity index (χ0) is 13.7. The van der Waals surface area contributed by atoms with E-state index in [1.54, 1.807) is 6.92 Å². The van der Waals surface area contributed by atoms with Crippen LogP contribution in [0.15, 0.2) is 30.3 Å². The number of piperazine rings is 1. The van der Waals surface area contributed by atoms with E-state index in [1.807, 2.05) is 23.1 Å². The van der Waals surface area contributed by atoms with Crippen molar-refractivity contribution in [3.05, 3.63) is 35.9 Å². The van der Waals surface area contributed by atoms with Crippen molar-refractivity contribution in [2.75, 3.05) is 26.2 Å². The minimum absolute atomic E-state index is 0.117. The number of carbonyl (C=O) groups excluding carboxylic acids is 2. The van der Waals surface area contributed by atoms with Gasteiger partial charge in [-0.1, -0.05) is 30.3 Å². The summed E-state index contributed by atoms with van der Waals surface area (Å²) in [6, 6.07) is 10.3. The molecule has 1 aliphatic rings. The molecule has 0 bridgehead atoms. The first-order valence-corrected chi connectivity index (χ1v) is 6.68. The molecule has 1 unspecified atom stereocenters. The zero-order valence-electron chi connectivity index (χ0n) is 11.3. The maximum atomic E-state index is 11.7. The summed E-state index contributed by atoms with van der Waals surface area (Å²) in [4.78, 5) is 26.4. The first-order valence-electron chi connectivity index (χ1n) is 6.68. The minimum atomic E-state index is 0.117. The third-order valence-electron chi connectivity index (χ3n) is 3.62. The Morgan fingerprint density at radius 2 is 2.05 bits per heavy atom. The average Bonchev–Trinajstić information content (AvgIpc) is 2.40. The van der Waals surface area contributed by atoms with E-state index in [2.05, 4.69) is 17.0 Å². The maximum absolute atomic E-state index is 11.7. The molecule has 1 aliphatic heterocycles. The predicted molar refractivity (Wildman–Crippen MR) is 73.8 cm³/mol. The number of benzene rings is 1. The molecule has 1 fully saturated rings. The molecule has 0 N–H and O–H groups in total. The summed E-state index contributed by atoms with van der Waals surface area (Å²) in [7, 11) is 0. The van der Waals surface area contributed by atoms with Gasteiger partial charge in [-0.2, -0.15) is 0 Å². The van der Waals surface area contributed by atoms with Crippen molar-refractivity contribution < 1.29 is 9.59 Å². The van der Waals surface area contributed by atoms with Crippen LogP contribution in [0, 0.1) is 0 Å². The van der Waals surface area contributed by atoms with Crippen molar-refractivity contribution in [3.63, 3.8) is 0 Å². The van der Waals surface area contributed by atoms with Gasteiger partial charge in [0.1, 0.15) is 6.29 Å². The highest BCUT2D eigenvalue weighted by atomic mass is 16.2. The Hall–Kier alpha value is -1.68. The van der Waals surface area contributed by atoms with Gasteiger partial charge in [0.25, 0.3) is 0 Å². The molecular weight excluding hydrogens is 240 g/mol. The Bertz CT molecular complexity index is 433. The Labute approximate surface area is 114 Å². The zero-order valence-corrected chi connectivity index (χ0v) is 11.3. The van der Waals surface area contributed by atoms with Crippen molar-refractivity contribution in [2.24, 2.45) is 0 Å². The molecule has 2 rings (SSSR count). The predicted octanol–water partition coefficient (Wildman–Crippen LogP) is 0.961. The minimum Gasteiger partial charge on any atom is -0.337 e. The number of hydrogen-bond donors (Lipinski definition) is 0. The Balaban J connectivity index is 2.07. The van der Waals surface area contributed by atoms with E-state index in [0.717, 1.165) is 25.8 Å². The van der Waals surface area contributed by atoms with Crippen molar-refractivity contribution in [1.29, 1.82) is 0 Å². The van der Waals surface area contributed by atoms with Gasteiger partial charge in [-0.15, -0.1) is 0 Å². The van der Waals surface area contributed by atoms with E-state index >= 15 is 0 Å². The van der Waals surface area contributed by atoms with Gasteiger partial charge in [-0.05, 0) is 12.0 Å². The molecule has 1 aromatic rings. The number of carbonyl (C=O) groups is 2. The molecule has 0 spiro atoms. The van der Waals surface area contributed by atoms with E-state index in [1.165, 1.54) is 5.56 Å². The van der Waals surface area contributed by atoms with Crippen LogP contribution in [0.2, 0.25) is 0 Å². The van der Waals surface area contributed by atoms with Gasteiger partial charge in [-0.25, -0.2) is 0 Å². The van der Waals surface area contributed by atoms with E-state index in [4.69, 9.17) is 0 Å². The molecule has 1 amide bonds. The Kier molecular flexibility index (Phi) is 4.68. The summed E-state index contributed by atoms with van der Waals surface area (Å²) >= 11 is 0. The second kappa shape index (κ2) is 6.48. The van der Waals surface area contributed by atoms with Crippen molar-refractivity contribution in [2.45, 2.75) is 19.4 Å². The van der Waals surface area contributed by atoms with Crippen LogP contribution < -0.4 is 0 Å². The number of hydrogen-bond acceptors (Lipinski definition) is 3. The Morgan fingerprint density at radius 1 is 1.32 bits per heavy atom. The van der Waals surface area contributed by atoms with Gasteiger partial charge in [0.2, 0.25) is 5.91 Å². The van der Waals surface area contributed by atoms with Crippen LogP contribution in [0.3, 0.4) is 0 Å². The SMILES string of the molecule is CC(=O)N1CCN(CC=O)CC1Cc1ccccc1. The number of rotatable bonds is 4. The summed E-state index contributed by atoms with van der Waals surface area (Å²) in [6.45, 7) is 4.34. The van der Waals surface area contributed by atoms with Gasteiger partial charge in [0, 0.05) is 32.6 Å². The second-order valence-corrected chi connectivity index (χ2v) is 4.98. The first kappa shape index (κ1) is 13.7. The lowest BCUT2D eigenvalue weighted by Gasteiger charge is -2.40. The highest BCUT2D eigenvalue weighted by Gasteiger charge is 2.28. The largest absolute Gasteiger partial charge is 0.337 e. The highest BCUT2D eigenvalue weighted by Crippen LogP contribution is 2.15. The lowest BCUT2D eigenvalue weighted by Crippen LogP contribution is -2.55. The van der Waals surface area contributed by atoms with Gasteiger partial charge >= 0.3 is 0 Å². The second-order valence-electron chi connectivity index (χ2n) is 4.98. The number of nitrogens with zero attached hydrogens (tertiary/aromatic N) is 2. The fourth-order valence-corrected chi connectivity index (χ4v) is 2.67. The molecule has 1 aromatic carbocycles. The average molecular weight is 260 g/mol. The fourth-order valence-electron chi connectivity index (χ4n) is 2.67. The molecule has 4 heteroatoms. The molecule has 0 aliphatic carbocycles. The molecular formula is C15H20N2O2. The molecule has 102 valence electrons. The van der Waals surface area contributed by atoms with Crippen LogP contribution in [-0.2, 0) is 16.0 Å². The molecule has 0 saturated carbocycles. The quantitative estimate of drug-likeness (QED) is 0.757. The molecule has 1 atom stereocenters. The molecule has 19 heavy (non-hydrogen) atoms. The standard InChI is InChI=1S/C15H20N2O2/c1-13(19)17-8-7-16(9-10-18)12-15(17)11-14-5-3-2-4-6-14/h2-6,10,15H,7-9,11-12H2,1H3. The third kappa shape index (κ3) is 3.64. The normalized spacial score (nSPS) is 20.3. The molecule has 1 heterocycles. The fraction of sp³-hybridized carbons (Fsp3) is 0.467. The van der Waals surface area contributed by atoms with Crippen LogP contribution >= 0.6 is 0 Å². The summed E-state index contributed by atoms with van der Waals surface area (Å²) < 4.78 is 0. The Morgan fingerprint density at radius 3 is 2.68 bits per heavy atom. The molecule has 1 saturated heterocycles. The van der Waals surface area contributed by atoms with Gasteiger partial charge in [0.05, 0.1) is 6.54 Å². The summed E-state index contributed by atoms with van der Waals surface area (Å²) in [6.07, 6.45) is 1.78. The highest BCUT2D eigenvalue weighted by molar-refractivity contribution is 5.73. The lowest BCUT2D eigenvalue weighted by molar-refractivity contribution is -0.133. The number of aldehydes is 1. The van der Waals surface area contributed by atoms with E-state index < -0.39 is 0 Å². The molecule has 0 aromatic heterocycles. The van der Waals surface area contributed by atoms with Crippen LogP contribution in [0.5, 0.6) is 0 Å². The van der Waals surface area contributed by atoms with Crippen molar-refractivity contribution in [3.8, 4) is 0 Å². The first-order chi connectivity index (χ1) is 9.20. The lowest BCUT2D eigenvalue weighted by atomic mass is 10.0. The van der Waals surface area contributed by atoms with Crippen LogP contribution in [0.25, 0.3) is 0 Å². The van der Waals surface area contributed by atoms with Crippen molar-refractivity contribution >= 4 is 12.2 Å². The summed E-state index contributed by atoms with van der Waals surface area (Å²) in [5.41, 5.74) is 1.23. The third-order valence-corrected chi connectivity index (χ3v) is 3.62.